The number of unbranched alkanes of at least 4 members (excludes halogenated alkanes) is 1. The highest BCUT2D eigenvalue weighted by Crippen LogP contribution is 2.12. The van der Waals surface area contributed by atoms with Crippen LogP contribution in [0.4, 0.5) is 5.69 Å². The quantitative estimate of drug-likeness (QED) is 0.543. The number of benzene rings is 1. The summed E-state index contributed by atoms with van der Waals surface area (Å²) in [6.07, 6.45) is 3.65. The van der Waals surface area contributed by atoms with Gasteiger partial charge in [0.1, 0.15) is 11.5 Å². The van der Waals surface area contributed by atoms with Crippen molar-refractivity contribution in [2.75, 3.05) is 18.2 Å². The van der Waals surface area contributed by atoms with Crippen LogP contribution in [0.15, 0.2) is 35.1 Å². The van der Waals surface area contributed by atoms with E-state index in [4.69, 9.17) is 4.74 Å². The van der Waals surface area contributed by atoms with Crippen LogP contribution in [-0.4, -0.2) is 34.7 Å². The van der Waals surface area contributed by atoms with Crippen molar-refractivity contribution in [1.82, 2.24) is 9.97 Å². The highest BCUT2D eigenvalue weighted by atomic mass is 32.2. The first-order valence-electron chi connectivity index (χ1n) is 8.21. The number of esters is 1. The normalized spacial score (nSPS) is 10.4. The van der Waals surface area contributed by atoms with Crippen LogP contribution in [0.1, 0.15) is 46.4 Å². The molecule has 2 N–H and O–H groups in total. The molecule has 2 aromatic rings. The van der Waals surface area contributed by atoms with E-state index in [0.29, 0.717) is 29.4 Å². The first-order chi connectivity index (χ1) is 12.5. The van der Waals surface area contributed by atoms with Crippen LogP contribution in [0, 0.1) is 0 Å². The van der Waals surface area contributed by atoms with E-state index in [-0.39, 0.29) is 11.3 Å². The van der Waals surface area contributed by atoms with E-state index in [2.05, 4.69) is 15.3 Å². The molecule has 0 aliphatic carbocycles. The molecular weight excluding hydrogens is 354 g/mol. The first kappa shape index (κ1) is 19.7. The minimum Gasteiger partial charge on any atom is -0.462 e. The molecule has 0 saturated carbocycles. The van der Waals surface area contributed by atoms with Crippen LogP contribution in [0.3, 0.4) is 0 Å². The Kier molecular flexibility index (Phi) is 7.40. The van der Waals surface area contributed by atoms with Gasteiger partial charge >= 0.3 is 5.97 Å². The van der Waals surface area contributed by atoms with Gasteiger partial charge in [-0.25, -0.2) is 9.78 Å². The summed E-state index contributed by atoms with van der Waals surface area (Å²) in [7, 11) is 0. The Morgan fingerprint density at radius 2 is 2.00 bits per heavy atom. The number of rotatable bonds is 8. The van der Waals surface area contributed by atoms with Gasteiger partial charge in [-0.05, 0) is 36.9 Å². The van der Waals surface area contributed by atoms with Crippen molar-refractivity contribution < 1.29 is 14.3 Å². The molecule has 1 heterocycles. The fourth-order valence-corrected chi connectivity index (χ4v) is 2.52. The van der Waals surface area contributed by atoms with Gasteiger partial charge in [0.25, 0.3) is 11.5 Å². The van der Waals surface area contributed by atoms with Crippen molar-refractivity contribution in [3.8, 4) is 0 Å². The molecule has 0 saturated heterocycles. The van der Waals surface area contributed by atoms with Crippen molar-refractivity contribution in [2.45, 2.75) is 25.5 Å². The third-order valence-electron chi connectivity index (χ3n) is 3.41. The molecule has 2 rings (SSSR count). The highest BCUT2D eigenvalue weighted by Gasteiger charge is 2.12. The Hall–Kier alpha value is -2.61. The second-order valence-corrected chi connectivity index (χ2v) is 6.40. The molecule has 0 aliphatic rings. The lowest BCUT2D eigenvalue weighted by atomic mass is 10.2. The summed E-state index contributed by atoms with van der Waals surface area (Å²) in [4.78, 5) is 42.5. The summed E-state index contributed by atoms with van der Waals surface area (Å²) >= 11 is 1.49. The Bertz CT molecular complexity index is 818. The molecule has 1 amide bonds. The fourth-order valence-electron chi connectivity index (χ4n) is 2.11. The number of amides is 1. The summed E-state index contributed by atoms with van der Waals surface area (Å²) < 4.78 is 5.13. The molecular formula is C18H21N3O4S. The van der Waals surface area contributed by atoms with Crippen LogP contribution in [-0.2, 0) is 10.5 Å². The van der Waals surface area contributed by atoms with Gasteiger partial charge < -0.3 is 15.0 Å². The standard InChI is InChI=1S/C18H21N3O4S/c1-3-4-9-25-18(24)12-5-7-13(8-6-12)19-17(23)14-10-16(22)21-15(20-14)11-26-2/h5-8,10H,3-4,9,11H2,1-2H3,(H,19,23)(H,20,21,22). The van der Waals surface area contributed by atoms with E-state index in [1.165, 1.54) is 11.8 Å². The third kappa shape index (κ3) is 5.73. The van der Waals surface area contributed by atoms with E-state index in [9.17, 15) is 14.4 Å². The number of thioether (sulfide) groups is 1. The molecule has 8 heteroatoms. The average Bonchev–Trinajstić information content (AvgIpc) is 2.62. The van der Waals surface area contributed by atoms with Gasteiger partial charge in [-0.3, -0.25) is 9.59 Å². The lowest BCUT2D eigenvalue weighted by molar-refractivity contribution is 0.0499. The lowest BCUT2D eigenvalue weighted by Gasteiger charge is -2.07. The predicted octanol–water partition coefficient (Wildman–Crippen LogP) is 2.84. The van der Waals surface area contributed by atoms with Gasteiger partial charge in [0.2, 0.25) is 0 Å². The van der Waals surface area contributed by atoms with Gasteiger partial charge in [-0.15, -0.1) is 0 Å². The molecule has 0 bridgehead atoms. The average molecular weight is 375 g/mol. The number of nitrogens with one attached hydrogen (secondary N) is 2. The van der Waals surface area contributed by atoms with E-state index >= 15 is 0 Å². The third-order valence-corrected chi connectivity index (χ3v) is 3.98. The molecule has 0 spiro atoms. The lowest BCUT2D eigenvalue weighted by Crippen LogP contribution is -2.20. The largest absolute Gasteiger partial charge is 0.462 e. The number of H-pyrrole nitrogens is 1. The number of ether oxygens (including phenoxy) is 1. The number of aromatic amines is 1. The molecule has 0 aliphatic heterocycles. The smallest absolute Gasteiger partial charge is 0.338 e. The molecule has 7 nitrogen and oxygen atoms in total. The zero-order valence-electron chi connectivity index (χ0n) is 14.7. The number of aromatic nitrogens is 2. The molecule has 138 valence electrons. The van der Waals surface area contributed by atoms with Crippen molar-refractivity contribution in [2.24, 2.45) is 0 Å². The molecule has 0 atom stereocenters. The summed E-state index contributed by atoms with van der Waals surface area (Å²) in [5.41, 5.74) is 0.574. The van der Waals surface area contributed by atoms with Crippen LogP contribution in [0.25, 0.3) is 0 Å². The Morgan fingerprint density at radius 3 is 2.65 bits per heavy atom. The van der Waals surface area contributed by atoms with Gasteiger partial charge in [-0.2, -0.15) is 11.8 Å². The van der Waals surface area contributed by atoms with Crippen molar-refractivity contribution in [1.29, 1.82) is 0 Å². The van der Waals surface area contributed by atoms with Crippen LogP contribution < -0.4 is 10.9 Å². The van der Waals surface area contributed by atoms with E-state index in [1.54, 1.807) is 24.3 Å². The van der Waals surface area contributed by atoms with Crippen molar-refractivity contribution in [3.63, 3.8) is 0 Å². The van der Waals surface area contributed by atoms with E-state index in [0.717, 1.165) is 18.9 Å². The summed E-state index contributed by atoms with van der Waals surface area (Å²) in [6, 6.07) is 7.51. The van der Waals surface area contributed by atoms with Crippen LogP contribution >= 0.6 is 11.8 Å². The summed E-state index contributed by atoms with van der Waals surface area (Å²) in [5, 5.41) is 2.66. The maximum Gasteiger partial charge on any atom is 0.338 e. The Labute approximate surface area is 155 Å². The second kappa shape index (κ2) is 9.76. The minimum atomic E-state index is -0.489. The maximum atomic E-state index is 12.3. The number of hydrogen-bond donors (Lipinski definition) is 2. The zero-order chi connectivity index (χ0) is 18.9. The molecule has 1 aromatic carbocycles. The van der Waals surface area contributed by atoms with Crippen LogP contribution in [0.2, 0.25) is 0 Å². The Morgan fingerprint density at radius 1 is 1.27 bits per heavy atom. The molecule has 1 aromatic heterocycles. The fraction of sp³-hybridized carbons (Fsp3) is 0.333. The molecule has 26 heavy (non-hydrogen) atoms. The molecule has 0 fully saturated rings. The molecule has 0 radical (unpaired) electrons. The van der Waals surface area contributed by atoms with Crippen LogP contribution in [0.5, 0.6) is 0 Å². The number of nitrogens with zero attached hydrogens (tertiary/aromatic N) is 1. The number of anilines is 1. The van der Waals surface area contributed by atoms with Crippen molar-refractivity contribution in [3.05, 3.63) is 57.8 Å². The maximum absolute atomic E-state index is 12.3. The topological polar surface area (TPSA) is 101 Å². The van der Waals surface area contributed by atoms with Gasteiger partial charge in [0.05, 0.1) is 17.9 Å². The Balaban J connectivity index is 2.03. The van der Waals surface area contributed by atoms with E-state index in [1.807, 2.05) is 13.2 Å². The minimum absolute atomic E-state index is 0.0425. The number of carbonyl (C=O) groups excluding carboxylic acids is 2. The second-order valence-electron chi connectivity index (χ2n) is 5.53. The predicted molar refractivity (Wildman–Crippen MR) is 102 cm³/mol. The van der Waals surface area contributed by atoms with Gasteiger partial charge in [0, 0.05) is 11.8 Å². The first-order valence-corrected chi connectivity index (χ1v) is 9.60. The molecule has 0 unspecified atom stereocenters. The monoisotopic (exact) mass is 375 g/mol. The number of hydrogen-bond acceptors (Lipinski definition) is 6. The van der Waals surface area contributed by atoms with Crippen molar-refractivity contribution >= 4 is 29.3 Å². The SMILES string of the molecule is CCCCOC(=O)c1ccc(NC(=O)c2cc(=O)[nH]c(CSC)n2)cc1. The van der Waals surface area contributed by atoms with Gasteiger partial charge in [-0.1, -0.05) is 13.3 Å². The summed E-state index contributed by atoms with van der Waals surface area (Å²) in [6.45, 7) is 2.41. The summed E-state index contributed by atoms with van der Waals surface area (Å²) in [5.74, 6) is 0.0666. The van der Waals surface area contributed by atoms with E-state index < -0.39 is 11.9 Å². The zero-order valence-corrected chi connectivity index (χ0v) is 15.5. The number of carbonyl (C=O) groups is 2. The highest BCUT2D eigenvalue weighted by molar-refractivity contribution is 7.97. The van der Waals surface area contributed by atoms with Gasteiger partial charge in [0.15, 0.2) is 0 Å².